The number of amides is 1. The molecule has 1 N–H and O–H groups in total. The van der Waals surface area contributed by atoms with Gasteiger partial charge in [-0.2, -0.15) is 0 Å². The van der Waals surface area contributed by atoms with E-state index in [0.717, 1.165) is 5.56 Å². The number of anilines is 1. The van der Waals surface area contributed by atoms with E-state index in [1.807, 2.05) is 16.7 Å². The molecule has 0 radical (unpaired) electrons. The number of carbonyl (C=O) groups is 2. The van der Waals surface area contributed by atoms with Crippen LogP contribution in [-0.4, -0.2) is 32.2 Å². The molecule has 0 aliphatic carbocycles. The van der Waals surface area contributed by atoms with E-state index in [2.05, 4.69) is 22.1 Å². The summed E-state index contributed by atoms with van der Waals surface area (Å²) in [5.74, 6) is 0.582. The van der Waals surface area contributed by atoms with Crippen LogP contribution in [0, 0.1) is 0 Å². The van der Waals surface area contributed by atoms with E-state index in [-0.39, 0.29) is 17.4 Å². The van der Waals surface area contributed by atoms with Gasteiger partial charge >= 0.3 is 0 Å². The molecule has 1 aromatic heterocycles. The average molecular weight is 427 g/mol. The van der Waals surface area contributed by atoms with Gasteiger partial charge < -0.3 is 5.32 Å². The highest BCUT2D eigenvalue weighted by Crippen LogP contribution is 2.25. The van der Waals surface area contributed by atoms with Crippen molar-refractivity contribution in [2.75, 3.05) is 11.1 Å². The summed E-state index contributed by atoms with van der Waals surface area (Å²) >= 11 is 7.24. The lowest BCUT2D eigenvalue weighted by atomic mass is 10.1. The Kier molecular flexibility index (Phi) is 6.85. The zero-order valence-corrected chi connectivity index (χ0v) is 17.3. The monoisotopic (exact) mass is 426 g/mol. The number of ketones is 1. The van der Waals surface area contributed by atoms with Crippen LogP contribution in [0.15, 0.2) is 66.3 Å². The number of benzene rings is 2. The lowest BCUT2D eigenvalue weighted by Crippen LogP contribution is -2.15. The number of nitrogens with zero attached hydrogens (tertiary/aromatic N) is 3. The number of hydrogen-bond acceptors (Lipinski definition) is 5. The minimum Gasteiger partial charge on any atom is -0.325 e. The molecule has 0 saturated carbocycles. The van der Waals surface area contributed by atoms with Gasteiger partial charge in [-0.3, -0.25) is 14.2 Å². The smallest absolute Gasteiger partial charge is 0.234 e. The molecule has 0 aliphatic rings. The van der Waals surface area contributed by atoms with Crippen LogP contribution < -0.4 is 5.32 Å². The molecule has 0 saturated heterocycles. The van der Waals surface area contributed by atoms with E-state index in [1.54, 1.807) is 42.5 Å². The Balaban J connectivity index is 1.70. The Labute approximate surface area is 178 Å². The highest BCUT2D eigenvalue weighted by Gasteiger charge is 2.15. The summed E-state index contributed by atoms with van der Waals surface area (Å²) in [5, 5.41) is 12.5. The maximum atomic E-state index is 12.3. The fourth-order valence-corrected chi connectivity index (χ4v) is 3.52. The molecule has 3 rings (SSSR count). The number of Topliss-reactive ketones (excluding diaryl/α,β-unsaturated/α-hetero) is 1. The molecule has 1 heterocycles. The predicted molar refractivity (Wildman–Crippen MR) is 116 cm³/mol. The molecule has 8 heteroatoms. The maximum Gasteiger partial charge on any atom is 0.234 e. The van der Waals surface area contributed by atoms with Gasteiger partial charge in [0.05, 0.1) is 5.75 Å². The van der Waals surface area contributed by atoms with Crippen molar-refractivity contribution in [2.24, 2.45) is 0 Å². The number of nitrogens with one attached hydrogen (secondary N) is 1. The molecule has 3 aromatic rings. The van der Waals surface area contributed by atoms with Gasteiger partial charge in [-0.15, -0.1) is 16.8 Å². The molecule has 0 atom stereocenters. The van der Waals surface area contributed by atoms with Crippen LogP contribution in [0.3, 0.4) is 0 Å². The number of aromatic nitrogens is 3. The molecule has 0 bridgehead atoms. The number of thioether (sulfide) groups is 1. The highest BCUT2D eigenvalue weighted by molar-refractivity contribution is 7.99. The minimum absolute atomic E-state index is 0.0530. The van der Waals surface area contributed by atoms with Gasteiger partial charge in [0.15, 0.2) is 16.8 Å². The molecule has 29 heavy (non-hydrogen) atoms. The molecular formula is C21H19ClN4O2S. The Morgan fingerprint density at radius 3 is 2.66 bits per heavy atom. The topological polar surface area (TPSA) is 76.9 Å². The van der Waals surface area contributed by atoms with Gasteiger partial charge in [-0.1, -0.05) is 41.6 Å². The fraction of sp³-hybridized carbons (Fsp3) is 0.143. The van der Waals surface area contributed by atoms with Crippen LogP contribution in [-0.2, 0) is 11.3 Å². The second kappa shape index (κ2) is 9.54. The van der Waals surface area contributed by atoms with Crippen LogP contribution in [0.4, 0.5) is 5.69 Å². The van der Waals surface area contributed by atoms with E-state index < -0.39 is 0 Å². The first kappa shape index (κ1) is 20.8. The Hall–Kier alpha value is -2.90. The summed E-state index contributed by atoms with van der Waals surface area (Å²) in [6.07, 6.45) is 1.75. The molecule has 0 unspecified atom stereocenters. The first-order valence-corrected chi connectivity index (χ1v) is 10.2. The van der Waals surface area contributed by atoms with Gasteiger partial charge in [-0.25, -0.2) is 0 Å². The van der Waals surface area contributed by atoms with Crippen LogP contribution in [0.2, 0.25) is 5.02 Å². The lowest BCUT2D eigenvalue weighted by molar-refractivity contribution is -0.113. The lowest BCUT2D eigenvalue weighted by Gasteiger charge is -2.09. The van der Waals surface area contributed by atoms with Crippen LogP contribution in [0.5, 0.6) is 0 Å². The third-order valence-electron chi connectivity index (χ3n) is 4.02. The van der Waals surface area contributed by atoms with Crippen molar-refractivity contribution in [1.29, 1.82) is 0 Å². The van der Waals surface area contributed by atoms with Crippen molar-refractivity contribution in [3.63, 3.8) is 0 Å². The van der Waals surface area contributed by atoms with Crippen molar-refractivity contribution < 1.29 is 9.59 Å². The molecule has 0 aliphatic heterocycles. The number of allylic oxidation sites excluding steroid dienone is 1. The van der Waals surface area contributed by atoms with E-state index in [9.17, 15) is 9.59 Å². The van der Waals surface area contributed by atoms with Gasteiger partial charge in [0, 0.05) is 28.4 Å². The Morgan fingerprint density at radius 2 is 1.97 bits per heavy atom. The van der Waals surface area contributed by atoms with Crippen LogP contribution >= 0.6 is 23.4 Å². The minimum atomic E-state index is -0.197. The summed E-state index contributed by atoms with van der Waals surface area (Å²) in [6, 6.07) is 14.2. The fourth-order valence-electron chi connectivity index (χ4n) is 2.64. The summed E-state index contributed by atoms with van der Waals surface area (Å²) < 4.78 is 1.89. The third-order valence-corrected chi connectivity index (χ3v) is 5.23. The van der Waals surface area contributed by atoms with E-state index in [0.29, 0.717) is 33.8 Å². The summed E-state index contributed by atoms with van der Waals surface area (Å²) in [7, 11) is 0. The Morgan fingerprint density at radius 1 is 1.21 bits per heavy atom. The second-order valence-corrected chi connectivity index (χ2v) is 7.57. The zero-order chi connectivity index (χ0) is 20.8. The average Bonchev–Trinajstić information content (AvgIpc) is 3.10. The third kappa shape index (κ3) is 5.34. The second-order valence-electron chi connectivity index (χ2n) is 6.19. The van der Waals surface area contributed by atoms with Crippen molar-refractivity contribution in [3.8, 4) is 11.4 Å². The number of rotatable bonds is 8. The number of halogens is 1. The van der Waals surface area contributed by atoms with Crippen LogP contribution in [0.25, 0.3) is 11.4 Å². The maximum absolute atomic E-state index is 12.3. The largest absolute Gasteiger partial charge is 0.325 e. The van der Waals surface area contributed by atoms with Crippen LogP contribution in [0.1, 0.15) is 17.3 Å². The standard InChI is InChI=1S/C21H19ClN4O2S/c1-3-11-26-20(15-7-9-17(22)10-8-15)24-25-21(26)29-13-19(28)23-18-6-4-5-16(12-18)14(2)27/h3-10,12H,1,11,13H2,2H3,(H,23,28). The van der Waals surface area contributed by atoms with Crippen molar-refractivity contribution in [3.05, 3.63) is 71.8 Å². The first-order chi connectivity index (χ1) is 14.0. The molecule has 0 fully saturated rings. The highest BCUT2D eigenvalue weighted by atomic mass is 35.5. The van der Waals surface area contributed by atoms with E-state index in [1.165, 1.54) is 18.7 Å². The Bertz CT molecular complexity index is 1050. The van der Waals surface area contributed by atoms with Gasteiger partial charge in [0.25, 0.3) is 0 Å². The van der Waals surface area contributed by atoms with E-state index in [4.69, 9.17) is 11.6 Å². The molecule has 2 aromatic carbocycles. The molecule has 6 nitrogen and oxygen atoms in total. The first-order valence-electron chi connectivity index (χ1n) is 8.81. The van der Waals surface area contributed by atoms with Crippen molar-refractivity contribution in [2.45, 2.75) is 18.6 Å². The molecular weight excluding hydrogens is 408 g/mol. The van der Waals surface area contributed by atoms with Crippen molar-refractivity contribution >= 4 is 40.7 Å². The number of carbonyl (C=O) groups excluding carboxylic acids is 2. The van der Waals surface area contributed by atoms with Crippen molar-refractivity contribution in [1.82, 2.24) is 14.8 Å². The number of hydrogen-bond donors (Lipinski definition) is 1. The van der Waals surface area contributed by atoms with E-state index >= 15 is 0 Å². The molecule has 1 amide bonds. The van der Waals surface area contributed by atoms with Gasteiger partial charge in [0.1, 0.15) is 0 Å². The quantitative estimate of drug-likeness (QED) is 0.320. The normalized spacial score (nSPS) is 10.6. The molecule has 148 valence electrons. The van der Waals surface area contributed by atoms with Gasteiger partial charge in [0.2, 0.25) is 5.91 Å². The zero-order valence-electron chi connectivity index (χ0n) is 15.8. The summed E-state index contributed by atoms with van der Waals surface area (Å²) in [5.41, 5.74) is 2.01. The predicted octanol–water partition coefficient (Wildman–Crippen LogP) is 4.72. The SMILES string of the molecule is C=CCn1c(SCC(=O)Nc2cccc(C(C)=O)c2)nnc1-c1ccc(Cl)cc1. The summed E-state index contributed by atoms with van der Waals surface area (Å²) in [4.78, 5) is 23.8. The molecule has 0 spiro atoms. The summed E-state index contributed by atoms with van der Waals surface area (Å²) in [6.45, 7) is 5.78. The van der Waals surface area contributed by atoms with Gasteiger partial charge in [-0.05, 0) is 43.3 Å².